The van der Waals surface area contributed by atoms with Gasteiger partial charge in [0.15, 0.2) is 0 Å². The molecule has 0 amide bonds. The van der Waals surface area contributed by atoms with Gasteiger partial charge in [-0.25, -0.2) is 4.98 Å². The van der Waals surface area contributed by atoms with Crippen molar-refractivity contribution in [3.8, 4) is 0 Å². The van der Waals surface area contributed by atoms with Crippen LogP contribution in [0.1, 0.15) is 17.7 Å². The highest BCUT2D eigenvalue weighted by Crippen LogP contribution is 2.18. The van der Waals surface area contributed by atoms with E-state index in [2.05, 4.69) is 31.5 Å². The smallest absolute Gasteiger partial charge is 0.0951 e. The van der Waals surface area contributed by atoms with E-state index in [-0.39, 0.29) is 6.61 Å². The SMILES string of the molecule is OCCCc1cncn1Cc1ccccc1Br. The van der Waals surface area contributed by atoms with Crippen molar-refractivity contribution in [1.29, 1.82) is 0 Å². The van der Waals surface area contributed by atoms with Crippen LogP contribution >= 0.6 is 15.9 Å². The van der Waals surface area contributed by atoms with Crippen LogP contribution in [-0.4, -0.2) is 21.3 Å². The van der Waals surface area contributed by atoms with Crippen molar-refractivity contribution in [2.75, 3.05) is 6.61 Å². The lowest BCUT2D eigenvalue weighted by Gasteiger charge is -2.09. The normalized spacial score (nSPS) is 10.7. The maximum Gasteiger partial charge on any atom is 0.0951 e. The predicted molar refractivity (Wildman–Crippen MR) is 70.9 cm³/mol. The summed E-state index contributed by atoms with van der Waals surface area (Å²) in [6.07, 6.45) is 5.35. The zero-order valence-electron chi connectivity index (χ0n) is 9.51. The number of halogens is 1. The molecule has 1 heterocycles. The van der Waals surface area contributed by atoms with E-state index < -0.39 is 0 Å². The van der Waals surface area contributed by atoms with Crippen LogP contribution < -0.4 is 0 Å². The lowest BCUT2D eigenvalue weighted by atomic mass is 10.2. The molecule has 1 N–H and O–H groups in total. The van der Waals surface area contributed by atoms with Crippen LogP contribution in [0.4, 0.5) is 0 Å². The molecule has 2 rings (SSSR count). The fraction of sp³-hybridized carbons (Fsp3) is 0.308. The Labute approximate surface area is 109 Å². The van der Waals surface area contributed by atoms with Crippen molar-refractivity contribution in [2.24, 2.45) is 0 Å². The van der Waals surface area contributed by atoms with E-state index in [1.807, 2.05) is 30.7 Å². The highest BCUT2D eigenvalue weighted by Gasteiger charge is 2.04. The Morgan fingerprint density at radius 2 is 2.12 bits per heavy atom. The van der Waals surface area contributed by atoms with Gasteiger partial charge >= 0.3 is 0 Å². The van der Waals surface area contributed by atoms with Gasteiger partial charge in [0.05, 0.1) is 6.33 Å². The minimum absolute atomic E-state index is 0.222. The first-order valence-corrected chi connectivity index (χ1v) is 6.44. The minimum atomic E-state index is 0.222. The number of hydrogen-bond donors (Lipinski definition) is 1. The summed E-state index contributed by atoms with van der Waals surface area (Å²) in [7, 11) is 0. The molecule has 0 radical (unpaired) electrons. The standard InChI is InChI=1S/C13H15BrN2O/c14-13-6-2-1-4-11(13)9-16-10-15-8-12(16)5-3-7-17/h1-2,4,6,8,10,17H,3,5,7,9H2. The molecule has 90 valence electrons. The Kier molecular flexibility index (Phi) is 4.34. The van der Waals surface area contributed by atoms with Crippen LogP contribution in [0.3, 0.4) is 0 Å². The van der Waals surface area contributed by atoms with Crippen molar-refractivity contribution in [2.45, 2.75) is 19.4 Å². The summed E-state index contributed by atoms with van der Waals surface area (Å²) in [6, 6.07) is 8.18. The number of benzene rings is 1. The maximum atomic E-state index is 8.85. The molecule has 3 nitrogen and oxygen atoms in total. The van der Waals surface area contributed by atoms with Crippen molar-refractivity contribution < 1.29 is 5.11 Å². The van der Waals surface area contributed by atoms with Gasteiger partial charge in [-0.05, 0) is 24.5 Å². The molecule has 0 saturated heterocycles. The largest absolute Gasteiger partial charge is 0.396 e. The van der Waals surface area contributed by atoms with Gasteiger partial charge in [-0.1, -0.05) is 34.1 Å². The summed E-state index contributed by atoms with van der Waals surface area (Å²) < 4.78 is 3.23. The number of aliphatic hydroxyl groups excluding tert-OH is 1. The molecule has 0 atom stereocenters. The van der Waals surface area contributed by atoms with Crippen LogP contribution in [0.25, 0.3) is 0 Å². The monoisotopic (exact) mass is 294 g/mol. The van der Waals surface area contributed by atoms with Gasteiger partial charge in [0.2, 0.25) is 0 Å². The molecule has 17 heavy (non-hydrogen) atoms. The summed E-state index contributed by atoms with van der Waals surface area (Å²) in [6.45, 7) is 1.03. The molecule has 1 aromatic carbocycles. The van der Waals surface area contributed by atoms with Crippen molar-refractivity contribution in [3.63, 3.8) is 0 Å². The zero-order valence-corrected chi connectivity index (χ0v) is 11.1. The second-order valence-corrected chi connectivity index (χ2v) is 4.79. The van der Waals surface area contributed by atoms with Gasteiger partial charge in [-0.15, -0.1) is 0 Å². The lowest BCUT2D eigenvalue weighted by Crippen LogP contribution is -2.04. The first-order chi connectivity index (χ1) is 8.31. The molecule has 0 aliphatic heterocycles. The van der Waals surface area contributed by atoms with Crippen LogP contribution in [0.15, 0.2) is 41.3 Å². The topological polar surface area (TPSA) is 38.1 Å². The van der Waals surface area contributed by atoms with Crippen molar-refractivity contribution in [1.82, 2.24) is 9.55 Å². The molecular weight excluding hydrogens is 280 g/mol. The number of imidazole rings is 1. The molecule has 4 heteroatoms. The van der Waals surface area contributed by atoms with Crippen molar-refractivity contribution >= 4 is 15.9 Å². The molecule has 0 aliphatic rings. The highest BCUT2D eigenvalue weighted by molar-refractivity contribution is 9.10. The lowest BCUT2D eigenvalue weighted by molar-refractivity contribution is 0.287. The third-order valence-corrected chi connectivity index (χ3v) is 3.46. The van der Waals surface area contributed by atoms with Crippen LogP contribution in [0, 0.1) is 0 Å². The number of aliphatic hydroxyl groups is 1. The van der Waals surface area contributed by atoms with E-state index in [1.165, 1.54) is 5.56 Å². The second-order valence-electron chi connectivity index (χ2n) is 3.93. The molecule has 0 saturated carbocycles. The summed E-state index contributed by atoms with van der Waals surface area (Å²) in [4.78, 5) is 4.17. The summed E-state index contributed by atoms with van der Waals surface area (Å²) in [5.41, 5.74) is 2.39. The van der Waals surface area contributed by atoms with E-state index in [1.54, 1.807) is 0 Å². The Bertz CT molecular complexity index is 482. The number of rotatable bonds is 5. The van der Waals surface area contributed by atoms with E-state index in [0.717, 1.165) is 29.6 Å². The van der Waals surface area contributed by atoms with Gasteiger partial charge in [0.25, 0.3) is 0 Å². The van der Waals surface area contributed by atoms with E-state index in [9.17, 15) is 0 Å². The van der Waals surface area contributed by atoms with E-state index in [4.69, 9.17) is 5.11 Å². The highest BCUT2D eigenvalue weighted by atomic mass is 79.9. The Morgan fingerprint density at radius 1 is 1.29 bits per heavy atom. The van der Waals surface area contributed by atoms with Crippen LogP contribution in [-0.2, 0) is 13.0 Å². The van der Waals surface area contributed by atoms with Crippen LogP contribution in [0.2, 0.25) is 0 Å². The predicted octanol–water partition coefficient (Wildman–Crippen LogP) is 2.62. The fourth-order valence-corrected chi connectivity index (χ4v) is 2.18. The van der Waals surface area contributed by atoms with E-state index in [0.29, 0.717) is 0 Å². The summed E-state index contributed by atoms with van der Waals surface area (Å²) >= 11 is 3.55. The Hall–Kier alpha value is -1.13. The number of nitrogens with zero attached hydrogens (tertiary/aromatic N) is 2. The molecular formula is C13H15BrN2O. The van der Waals surface area contributed by atoms with Crippen LogP contribution in [0.5, 0.6) is 0 Å². The number of aromatic nitrogens is 2. The molecule has 0 unspecified atom stereocenters. The molecule has 1 aromatic heterocycles. The molecule has 0 spiro atoms. The third-order valence-electron chi connectivity index (χ3n) is 2.69. The van der Waals surface area contributed by atoms with E-state index >= 15 is 0 Å². The minimum Gasteiger partial charge on any atom is -0.396 e. The second kappa shape index (κ2) is 5.98. The zero-order chi connectivity index (χ0) is 12.1. The fourth-order valence-electron chi connectivity index (χ4n) is 1.77. The van der Waals surface area contributed by atoms with Gasteiger partial charge in [0.1, 0.15) is 0 Å². The molecule has 0 bridgehead atoms. The maximum absolute atomic E-state index is 8.85. The number of aryl methyl sites for hydroxylation is 1. The Balaban J connectivity index is 2.13. The molecule has 0 aliphatic carbocycles. The summed E-state index contributed by atoms with van der Waals surface area (Å²) in [5.74, 6) is 0. The van der Waals surface area contributed by atoms with Crippen molar-refractivity contribution in [3.05, 3.63) is 52.5 Å². The van der Waals surface area contributed by atoms with Gasteiger partial charge < -0.3 is 9.67 Å². The first kappa shape index (κ1) is 12.3. The summed E-state index contributed by atoms with van der Waals surface area (Å²) in [5, 5.41) is 8.85. The average Bonchev–Trinajstić information content (AvgIpc) is 2.77. The Morgan fingerprint density at radius 3 is 2.88 bits per heavy atom. The molecule has 2 aromatic rings. The quantitative estimate of drug-likeness (QED) is 0.921. The molecule has 0 fully saturated rings. The van der Waals surface area contributed by atoms with Gasteiger partial charge in [0, 0.05) is 29.5 Å². The third kappa shape index (κ3) is 3.17. The number of hydrogen-bond acceptors (Lipinski definition) is 2. The van der Waals surface area contributed by atoms with Gasteiger partial charge in [-0.3, -0.25) is 0 Å². The first-order valence-electron chi connectivity index (χ1n) is 5.64. The van der Waals surface area contributed by atoms with Gasteiger partial charge in [-0.2, -0.15) is 0 Å². The average molecular weight is 295 g/mol.